The molecule has 2 aromatic heterocycles. The van der Waals surface area contributed by atoms with E-state index in [1.807, 2.05) is 0 Å². The average Bonchev–Trinajstić information content (AvgIpc) is 3.19. The number of hydrogen-bond donors (Lipinski definition) is 3. The molecule has 0 fully saturated rings. The molecule has 0 aliphatic heterocycles. The number of rotatable bonds is 8. The molecular weight excluding hydrogens is 542 g/mol. The summed E-state index contributed by atoms with van der Waals surface area (Å²) >= 11 is 0. The highest BCUT2D eigenvalue weighted by Crippen LogP contribution is 2.26. The molecule has 4 rings (SSSR count). The van der Waals surface area contributed by atoms with Gasteiger partial charge in [-0.05, 0) is 48.4 Å². The van der Waals surface area contributed by atoms with Crippen molar-refractivity contribution in [2.75, 3.05) is 23.1 Å². The van der Waals surface area contributed by atoms with E-state index in [1.54, 1.807) is 37.3 Å². The number of hydrogen-bond acceptors (Lipinski definition) is 11. The lowest BCUT2D eigenvalue weighted by Gasteiger charge is -2.10. The number of aryl methyl sites for hydroxylation is 1. The van der Waals surface area contributed by atoms with Gasteiger partial charge >= 0.3 is 0 Å². The number of sulfone groups is 1. The summed E-state index contributed by atoms with van der Waals surface area (Å²) in [5.41, 5.74) is 1.84. The van der Waals surface area contributed by atoms with Crippen LogP contribution in [-0.2, 0) is 36.4 Å². The van der Waals surface area contributed by atoms with Gasteiger partial charge in [-0.15, -0.1) is 4.09 Å². The van der Waals surface area contributed by atoms with Crippen LogP contribution >= 0.6 is 0 Å². The van der Waals surface area contributed by atoms with Crippen molar-refractivity contribution in [1.82, 2.24) is 19.2 Å². The van der Waals surface area contributed by atoms with Crippen molar-refractivity contribution in [3.05, 3.63) is 59.8 Å². The van der Waals surface area contributed by atoms with E-state index >= 15 is 0 Å². The van der Waals surface area contributed by atoms with E-state index in [9.17, 15) is 25.3 Å². The standard InChI is InChI=1S/C21H23N7O6S3/c1-13-4-6-15(11-18(13)37(22,33)34)25-21-23-9-8-19(26-21)24-12-14-5-7-16-17(10-14)27-28(36(3,31)32)20(16)35(2,29)30/h4-11H,12H2,1-3H3,(H2,22,33,34)(H2,23,24,25,26). The van der Waals surface area contributed by atoms with Crippen molar-refractivity contribution in [1.29, 1.82) is 0 Å². The van der Waals surface area contributed by atoms with E-state index in [-0.39, 0.29) is 28.3 Å². The van der Waals surface area contributed by atoms with Gasteiger partial charge in [-0.25, -0.2) is 35.4 Å². The quantitative estimate of drug-likeness (QED) is 0.279. The van der Waals surface area contributed by atoms with Gasteiger partial charge in [0.1, 0.15) is 5.82 Å². The molecular formula is C21H23N7O6S3. The van der Waals surface area contributed by atoms with Crippen molar-refractivity contribution in [3.8, 4) is 0 Å². The predicted molar refractivity (Wildman–Crippen MR) is 138 cm³/mol. The third kappa shape index (κ3) is 5.87. The Hall–Kier alpha value is -3.60. The van der Waals surface area contributed by atoms with Gasteiger partial charge < -0.3 is 10.6 Å². The zero-order valence-corrected chi connectivity index (χ0v) is 22.3. The number of primary sulfonamides is 1. The van der Waals surface area contributed by atoms with Crippen molar-refractivity contribution < 1.29 is 25.3 Å². The van der Waals surface area contributed by atoms with Gasteiger partial charge in [-0.1, -0.05) is 12.1 Å². The maximum absolute atomic E-state index is 12.2. The fraction of sp³-hybridized carbons (Fsp3) is 0.190. The first kappa shape index (κ1) is 26.5. The van der Waals surface area contributed by atoms with Crippen LogP contribution in [0.25, 0.3) is 10.9 Å². The highest BCUT2D eigenvalue weighted by atomic mass is 32.2. The van der Waals surface area contributed by atoms with Gasteiger partial charge in [-0.2, -0.15) is 10.1 Å². The molecule has 0 bridgehead atoms. The van der Waals surface area contributed by atoms with Gasteiger partial charge in [-0.3, -0.25) is 0 Å². The van der Waals surface area contributed by atoms with Crippen LogP contribution in [0.3, 0.4) is 0 Å². The minimum Gasteiger partial charge on any atom is -0.366 e. The second kappa shape index (κ2) is 9.37. The Bertz CT molecular complexity index is 1850. The summed E-state index contributed by atoms with van der Waals surface area (Å²) in [6.07, 6.45) is 3.30. The van der Waals surface area contributed by atoms with Crippen LogP contribution in [0.4, 0.5) is 17.5 Å². The summed E-state index contributed by atoms with van der Waals surface area (Å²) in [5, 5.41) is 15.1. The van der Waals surface area contributed by atoms with Gasteiger partial charge in [0, 0.05) is 30.1 Å². The average molecular weight is 566 g/mol. The third-order valence-electron chi connectivity index (χ3n) is 5.21. The fourth-order valence-electron chi connectivity index (χ4n) is 3.59. The molecule has 196 valence electrons. The highest BCUT2D eigenvalue weighted by molar-refractivity contribution is 7.93. The molecule has 0 amide bonds. The van der Waals surface area contributed by atoms with Gasteiger partial charge in [0.05, 0.1) is 16.7 Å². The van der Waals surface area contributed by atoms with Gasteiger partial charge in [0.25, 0.3) is 10.0 Å². The molecule has 0 radical (unpaired) electrons. The Morgan fingerprint density at radius 3 is 2.35 bits per heavy atom. The zero-order valence-electron chi connectivity index (χ0n) is 19.9. The molecule has 0 saturated heterocycles. The zero-order chi connectivity index (χ0) is 27.2. The molecule has 13 nitrogen and oxygen atoms in total. The fourth-order valence-corrected chi connectivity index (χ4v) is 6.74. The van der Waals surface area contributed by atoms with E-state index in [0.29, 0.717) is 26.7 Å². The van der Waals surface area contributed by atoms with E-state index < -0.39 is 34.9 Å². The molecule has 0 saturated carbocycles. The van der Waals surface area contributed by atoms with E-state index in [0.717, 1.165) is 12.5 Å². The SMILES string of the molecule is Cc1ccc(Nc2nccc(NCc3ccc4c(S(C)(=O)=O)n(S(C)(=O)=O)nc4c3)n2)cc1S(N)(=O)=O. The van der Waals surface area contributed by atoms with Crippen molar-refractivity contribution in [3.63, 3.8) is 0 Å². The van der Waals surface area contributed by atoms with Crippen LogP contribution in [-0.4, -0.2) is 56.9 Å². The number of anilines is 3. The third-order valence-corrected chi connectivity index (χ3v) is 8.37. The number of benzene rings is 2. The summed E-state index contributed by atoms with van der Waals surface area (Å²) in [5.74, 6) is 0.643. The molecule has 0 spiro atoms. The second-order valence-electron chi connectivity index (χ2n) is 8.30. The van der Waals surface area contributed by atoms with Crippen molar-refractivity contribution in [2.24, 2.45) is 5.14 Å². The highest BCUT2D eigenvalue weighted by Gasteiger charge is 2.25. The minimum absolute atomic E-state index is 0.0143. The molecule has 0 aliphatic rings. The Kier molecular flexibility index (Phi) is 6.70. The summed E-state index contributed by atoms with van der Waals surface area (Å²) < 4.78 is 72.7. The molecule has 37 heavy (non-hydrogen) atoms. The van der Waals surface area contributed by atoms with Crippen molar-refractivity contribution in [2.45, 2.75) is 23.4 Å². The van der Waals surface area contributed by atoms with Crippen LogP contribution in [0, 0.1) is 6.92 Å². The minimum atomic E-state index is -3.94. The Labute approximate surface area is 213 Å². The molecule has 0 aliphatic carbocycles. The normalized spacial score (nSPS) is 12.5. The second-order valence-corrected chi connectivity index (χ2v) is 13.6. The Morgan fingerprint density at radius 2 is 1.70 bits per heavy atom. The van der Waals surface area contributed by atoms with Crippen LogP contribution in [0.1, 0.15) is 11.1 Å². The molecule has 4 N–H and O–H groups in total. The largest absolute Gasteiger partial charge is 0.366 e. The predicted octanol–water partition coefficient (Wildman–Crippen LogP) is 1.35. The maximum Gasteiger partial charge on any atom is 0.252 e. The first-order valence-corrected chi connectivity index (χ1v) is 15.8. The first-order valence-electron chi connectivity index (χ1n) is 10.5. The number of nitrogens with two attached hydrogens (primary N) is 1. The lowest BCUT2D eigenvalue weighted by molar-refractivity contribution is 0.570. The number of sulfonamides is 1. The van der Waals surface area contributed by atoms with Gasteiger partial charge in [0.15, 0.2) is 14.9 Å². The first-order chi connectivity index (χ1) is 17.1. The van der Waals surface area contributed by atoms with Crippen molar-refractivity contribution >= 4 is 58.2 Å². The Morgan fingerprint density at radius 1 is 0.973 bits per heavy atom. The molecule has 4 aromatic rings. The smallest absolute Gasteiger partial charge is 0.252 e. The van der Waals surface area contributed by atoms with Crippen LogP contribution < -0.4 is 15.8 Å². The number of nitrogens with zero attached hydrogens (tertiary/aromatic N) is 4. The molecule has 0 atom stereocenters. The maximum atomic E-state index is 12.2. The lowest BCUT2D eigenvalue weighted by Crippen LogP contribution is -2.17. The van der Waals surface area contributed by atoms with Crippen LogP contribution in [0.2, 0.25) is 0 Å². The summed E-state index contributed by atoms with van der Waals surface area (Å²) in [7, 11) is -11.7. The molecule has 0 unspecified atom stereocenters. The molecule has 2 aromatic carbocycles. The number of fused-ring (bicyclic) bond motifs is 1. The summed E-state index contributed by atoms with van der Waals surface area (Å²) in [6.45, 7) is 1.89. The Balaban J connectivity index is 1.56. The molecule has 16 heteroatoms. The summed E-state index contributed by atoms with van der Waals surface area (Å²) in [6, 6.07) is 11.0. The van der Waals surface area contributed by atoms with E-state index in [2.05, 4.69) is 25.7 Å². The van der Waals surface area contributed by atoms with E-state index in [1.165, 1.54) is 18.3 Å². The lowest BCUT2D eigenvalue weighted by atomic mass is 10.1. The number of aromatic nitrogens is 4. The monoisotopic (exact) mass is 565 g/mol. The van der Waals surface area contributed by atoms with Crippen LogP contribution in [0.5, 0.6) is 0 Å². The van der Waals surface area contributed by atoms with Gasteiger partial charge in [0.2, 0.25) is 16.0 Å². The molecule has 2 heterocycles. The van der Waals surface area contributed by atoms with E-state index in [4.69, 9.17) is 5.14 Å². The number of nitrogens with one attached hydrogen (secondary N) is 2. The topological polar surface area (TPSA) is 196 Å². The summed E-state index contributed by atoms with van der Waals surface area (Å²) in [4.78, 5) is 8.47. The van der Waals surface area contributed by atoms with Crippen LogP contribution in [0.15, 0.2) is 58.6 Å².